The first-order valence-corrected chi connectivity index (χ1v) is 6.70. The highest BCUT2D eigenvalue weighted by molar-refractivity contribution is 5.79. The Hall–Kier alpha value is -0.650. The molecule has 1 aliphatic heterocycles. The van der Waals surface area contributed by atoms with Crippen LogP contribution in [-0.4, -0.2) is 65.2 Å². The Bertz CT molecular complexity index is 278. The molecule has 1 aliphatic rings. The monoisotopic (exact) mass is 257 g/mol. The Balaban J connectivity index is 2.42. The van der Waals surface area contributed by atoms with E-state index in [0.717, 1.165) is 26.2 Å². The molecule has 0 bridgehead atoms. The smallest absolute Gasteiger partial charge is 0.227 e. The SMILES string of the molecule is CC(N)C(C)C(=O)N1CCN(CC(C)(C)O)CC1. The molecule has 18 heavy (non-hydrogen) atoms. The van der Waals surface area contributed by atoms with E-state index in [2.05, 4.69) is 4.90 Å². The van der Waals surface area contributed by atoms with Crippen molar-refractivity contribution >= 4 is 5.91 Å². The third kappa shape index (κ3) is 4.55. The van der Waals surface area contributed by atoms with Gasteiger partial charge < -0.3 is 15.7 Å². The van der Waals surface area contributed by atoms with E-state index in [9.17, 15) is 9.90 Å². The molecule has 0 aromatic carbocycles. The van der Waals surface area contributed by atoms with Crippen LogP contribution in [0.5, 0.6) is 0 Å². The fraction of sp³-hybridized carbons (Fsp3) is 0.923. The number of amides is 1. The minimum absolute atomic E-state index is 0.105. The molecule has 1 amide bonds. The van der Waals surface area contributed by atoms with Gasteiger partial charge in [-0.2, -0.15) is 0 Å². The first-order chi connectivity index (χ1) is 8.20. The van der Waals surface area contributed by atoms with E-state index < -0.39 is 5.60 Å². The highest BCUT2D eigenvalue weighted by Gasteiger charge is 2.28. The summed E-state index contributed by atoms with van der Waals surface area (Å²) < 4.78 is 0. The molecule has 0 aromatic heterocycles. The van der Waals surface area contributed by atoms with Gasteiger partial charge in [-0.05, 0) is 20.8 Å². The van der Waals surface area contributed by atoms with Gasteiger partial charge in [0.05, 0.1) is 11.5 Å². The molecule has 1 saturated heterocycles. The third-order valence-corrected chi connectivity index (χ3v) is 3.47. The number of nitrogens with zero attached hydrogens (tertiary/aromatic N) is 2. The molecule has 106 valence electrons. The number of hydrogen-bond donors (Lipinski definition) is 2. The zero-order valence-corrected chi connectivity index (χ0v) is 12.0. The minimum atomic E-state index is -0.675. The lowest BCUT2D eigenvalue weighted by Crippen LogP contribution is -2.54. The average molecular weight is 257 g/mol. The number of hydrogen-bond acceptors (Lipinski definition) is 4. The number of carbonyl (C=O) groups excluding carboxylic acids is 1. The molecular formula is C13H27N3O2. The van der Waals surface area contributed by atoms with Crippen LogP contribution >= 0.6 is 0 Å². The van der Waals surface area contributed by atoms with Gasteiger partial charge in [-0.3, -0.25) is 9.69 Å². The highest BCUT2D eigenvalue weighted by atomic mass is 16.3. The van der Waals surface area contributed by atoms with Crippen molar-refractivity contribution in [1.82, 2.24) is 9.80 Å². The number of β-amino-alcohol motifs (C(OH)–C–C–N with tert-alkyl or cyclic N) is 1. The quantitative estimate of drug-likeness (QED) is 0.737. The lowest BCUT2D eigenvalue weighted by Gasteiger charge is -2.38. The van der Waals surface area contributed by atoms with Crippen LogP contribution in [-0.2, 0) is 4.79 Å². The van der Waals surface area contributed by atoms with Crippen molar-refractivity contribution in [2.45, 2.75) is 39.3 Å². The topological polar surface area (TPSA) is 69.8 Å². The maximum atomic E-state index is 12.1. The average Bonchev–Trinajstić information content (AvgIpc) is 2.26. The van der Waals surface area contributed by atoms with Gasteiger partial charge in [-0.1, -0.05) is 6.92 Å². The summed E-state index contributed by atoms with van der Waals surface area (Å²) in [5, 5.41) is 9.77. The first kappa shape index (κ1) is 15.4. The first-order valence-electron chi connectivity index (χ1n) is 6.70. The number of carbonyl (C=O) groups is 1. The molecule has 2 unspecified atom stereocenters. The highest BCUT2D eigenvalue weighted by Crippen LogP contribution is 2.12. The Morgan fingerprint density at radius 1 is 1.28 bits per heavy atom. The largest absolute Gasteiger partial charge is 0.389 e. The maximum absolute atomic E-state index is 12.1. The van der Waals surface area contributed by atoms with Gasteiger partial charge in [-0.15, -0.1) is 0 Å². The van der Waals surface area contributed by atoms with Crippen molar-refractivity contribution in [3.8, 4) is 0 Å². The van der Waals surface area contributed by atoms with E-state index >= 15 is 0 Å². The Kier molecular flexibility index (Phi) is 5.13. The summed E-state index contributed by atoms with van der Waals surface area (Å²) in [6, 6.07) is -0.105. The van der Waals surface area contributed by atoms with Crippen molar-refractivity contribution in [3.63, 3.8) is 0 Å². The van der Waals surface area contributed by atoms with Gasteiger partial charge in [0.25, 0.3) is 0 Å². The molecule has 1 fully saturated rings. The summed E-state index contributed by atoms with van der Waals surface area (Å²) >= 11 is 0. The molecule has 5 nitrogen and oxygen atoms in total. The van der Waals surface area contributed by atoms with Crippen molar-refractivity contribution in [3.05, 3.63) is 0 Å². The number of nitrogens with two attached hydrogens (primary N) is 1. The normalized spacial score (nSPS) is 21.8. The Morgan fingerprint density at radius 3 is 2.17 bits per heavy atom. The van der Waals surface area contributed by atoms with Gasteiger partial charge in [0.15, 0.2) is 0 Å². The van der Waals surface area contributed by atoms with Crippen molar-refractivity contribution < 1.29 is 9.90 Å². The van der Waals surface area contributed by atoms with Gasteiger partial charge in [0.1, 0.15) is 0 Å². The molecule has 3 N–H and O–H groups in total. The summed E-state index contributed by atoms with van der Waals surface area (Å²) in [4.78, 5) is 16.2. The van der Waals surface area contributed by atoms with Crippen molar-refractivity contribution in [2.24, 2.45) is 11.7 Å². The summed E-state index contributed by atoms with van der Waals surface area (Å²) in [5.74, 6) is 0.0266. The van der Waals surface area contributed by atoms with Crippen LogP contribution in [0.25, 0.3) is 0 Å². The van der Waals surface area contributed by atoms with E-state index in [-0.39, 0.29) is 17.9 Å². The molecule has 0 radical (unpaired) electrons. The standard InChI is InChI=1S/C13H27N3O2/c1-10(11(2)14)12(17)16-7-5-15(6-8-16)9-13(3,4)18/h10-11,18H,5-9,14H2,1-4H3. The zero-order valence-electron chi connectivity index (χ0n) is 12.0. The molecule has 2 atom stereocenters. The molecule has 0 aromatic rings. The minimum Gasteiger partial charge on any atom is -0.389 e. The molecule has 0 saturated carbocycles. The second kappa shape index (κ2) is 5.99. The van der Waals surface area contributed by atoms with Gasteiger partial charge in [0.2, 0.25) is 5.91 Å². The van der Waals surface area contributed by atoms with E-state index in [1.807, 2.05) is 32.6 Å². The van der Waals surface area contributed by atoms with Crippen LogP contribution in [0.1, 0.15) is 27.7 Å². The predicted octanol–water partition coefficient (Wildman–Crippen LogP) is -0.115. The molecule has 0 aliphatic carbocycles. The van der Waals surface area contributed by atoms with Crippen LogP contribution in [0.3, 0.4) is 0 Å². The molecule has 0 spiro atoms. The summed E-state index contributed by atoms with van der Waals surface area (Å²) in [7, 11) is 0. The second-order valence-electron chi connectivity index (χ2n) is 6.06. The summed E-state index contributed by atoms with van der Waals surface area (Å²) in [6.07, 6.45) is 0. The molecule has 5 heteroatoms. The fourth-order valence-corrected chi connectivity index (χ4v) is 2.19. The van der Waals surface area contributed by atoms with Gasteiger partial charge in [0, 0.05) is 38.8 Å². The maximum Gasteiger partial charge on any atom is 0.227 e. The van der Waals surface area contributed by atoms with E-state index in [1.165, 1.54) is 0 Å². The van der Waals surface area contributed by atoms with Crippen molar-refractivity contribution in [2.75, 3.05) is 32.7 Å². The summed E-state index contributed by atoms with van der Waals surface area (Å²) in [6.45, 7) is 11.1. The number of aliphatic hydroxyl groups is 1. The van der Waals surface area contributed by atoms with Crippen molar-refractivity contribution in [1.29, 1.82) is 0 Å². The molecule has 1 rings (SSSR count). The number of rotatable bonds is 4. The fourth-order valence-electron chi connectivity index (χ4n) is 2.19. The predicted molar refractivity (Wildman–Crippen MR) is 72.1 cm³/mol. The Labute approximate surface area is 110 Å². The van der Waals surface area contributed by atoms with Crippen LogP contribution in [0.4, 0.5) is 0 Å². The molecular weight excluding hydrogens is 230 g/mol. The second-order valence-corrected chi connectivity index (χ2v) is 6.06. The number of piperazine rings is 1. The van der Waals surface area contributed by atoms with Crippen LogP contribution < -0.4 is 5.73 Å². The lowest BCUT2D eigenvalue weighted by atomic mass is 10.0. The third-order valence-electron chi connectivity index (χ3n) is 3.47. The zero-order chi connectivity index (χ0) is 13.9. The molecule has 1 heterocycles. The van der Waals surface area contributed by atoms with Gasteiger partial charge >= 0.3 is 0 Å². The van der Waals surface area contributed by atoms with Crippen LogP contribution in [0.2, 0.25) is 0 Å². The lowest BCUT2D eigenvalue weighted by molar-refractivity contribution is -0.137. The van der Waals surface area contributed by atoms with Gasteiger partial charge in [-0.25, -0.2) is 0 Å². The van der Waals surface area contributed by atoms with Crippen LogP contribution in [0, 0.1) is 5.92 Å². The van der Waals surface area contributed by atoms with E-state index in [1.54, 1.807) is 0 Å². The summed E-state index contributed by atoms with van der Waals surface area (Å²) in [5.41, 5.74) is 5.09. The van der Waals surface area contributed by atoms with E-state index in [4.69, 9.17) is 5.73 Å². The van der Waals surface area contributed by atoms with Crippen LogP contribution in [0.15, 0.2) is 0 Å². The van der Waals surface area contributed by atoms with E-state index in [0.29, 0.717) is 6.54 Å². The Morgan fingerprint density at radius 2 is 1.78 bits per heavy atom.